The van der Waals surface area contributed by atoms with Gasteiger partial charge in [0.15, 0.2) is 5.78 Å². The van der Waals surface area contributed by atoms with Crippen molar-refractivity contribution >= 4 is 140 Å². The van der Waals surface area contributed by atoms with Gasteiger partial charge in [0, 0.05) is 50.3 Å². The van der Waals surface area contributed by atoms with E-state index in [1.165, 1.54) is 69.9 Å². The second-order valence-electron chi connectivity index (χ2n) is 28.6. The number of carboxylic acid groups (broad SMARTS) is 4. The van der Waals surface area contributed by atoms with Gasteiger partial charge >= 0.3 is 41.8 Å². The van der Waals surface area contributed by atoms with Crippen molar-refractivity contribution in [2.45, 2.75) is 0 Å². The van der Waals surface area contributed by atoms with Crippen LogP contribution in [-0.4, -0.2) is 121 Å². The number of rotatable bonds is 17. The molecule has 2 radical (unpaired) electrons. The summed E-state index contributed by atoms with van der Waals surface area (Å²) in [7, 11) is 4.00. The van der Waals surface area contributed by atoms with Crippen molar-refractivity contribution in [3.05, 3.63) is 333 Å². The Morgan fingerprint density at radius 2 is 0.375 bits per heavy atom. The molecule has 6 aromatic heterocycles. The number of hydrogen-bond donors (Lipinski definition) is 5. The SMILES string of the molecule is COC(=O)c1ccc(-c2c3nc(c(-c4ccc(C(=O)OC)cc4)c4ccc([n-]4)c(-c4ccc(C(=O)OC)cc4)c4nc(c(-c5ccc(C(=O)CO)cc5)c5ccc2[n-]5)C=C4)C=C3)cc1.O=C(O)c1ccc(-c2c3nc(c(-c4ccc(C(=O)O)cc4)c4ccc([n-]4)c(-c4ccc(C(=O)O)cc4)c4nc(c(-c5ccc(C(=O)O)cc5)c5ccc2[n-]5)C=C4)C=C3)cc1.[Au].[Au].[Cl-].[Cl-]. The molecule has 24 nitrogen and oxygen atoms in total. The predicted octanol–water partition coefficient (Wildman–Crippen LogP) is 12.5. The molecule has 0 unspecified atom stereocenters. The van der Waals surface area contributed by atoms with Gasteiger partial charge in [0.25, 0.3) is 0 Å². The first-order valence-electron chi connectivity index (χ1n) is 38.5. The standard InChI is InChI=1S/C52H37N4O8.C48H30N4O8.2Au.2ClH/c1-62-50(59)34-14-8-31(9-15-34)47-39-22-20-37(53-39)46(30-6-4-29(5-7-30)45(58)28-57)38-21-23-40(54-38)48(32-10-16-35(17-11-32)51(60)63-2)42-25-27-44(56-42)49(43-26-24-41(47)55-43)33-12-18-36(19-13-33)52(61)64-3;53-45(54)29-9-1-25(2-10-29)41-33-17-19-35(49-33)42(26-3-11-30(12-4-26)46(55)56)37-21-23-39(51-37)44(28-7-15-32(16-8-28)48(59)60)40-24-22-38(52-40)43(36-20-18-34(41)50-36)27-5-13-31(14-6-27)47(57)58;;;;/h4-27,57H,28H2,1-3H3,(H-,53,54,55,56,58,59,60,61);1-24H,(H6,49,50,51,52,53,54,55,56,57,58,59,60);;;2*1H/q-1;;;;;/p-5. The van der Waals surface area contributed by atoms with Gasteiger partial charge < -0.3 is 84.5 Å². The van der Waals surface area contributed by atoms with E-state index in [1.807, 2.05) is 134 Å². The summed E-state index contributed by atoms with van der Waals surface area (Å²) in [4.78, 5) is 139. The fourth-order valence-corrected chi connectivity index (χ4v) is 15.2. The number of hydrogen-bond acceptors (Lipinski definition) is 16. The molecule has 0 aliphatic carbocycles. The Morgan fingerprint density at radius 1 is 0.234 bits per heavy atom. The number of esters is 3. The Labute approximate surface area is 771 Å². The van der Waals surface area contributed by atoms with E-state index in [0.29, 0.717) is 179 Å². The van der Waals surface area contributed by atoms with Crippen LogP contribution in [0.15, 0.2) is 243 Å². The molecule has 14 aromatic rings. The largest absolute Gasteiger partial charge is 1.00 e. The Bertz CT molecular complexity index is 6480. The van der Waals surface area contributed by atoms with E-state index in [9.17, 15) is 63.9 Å². The summed E-state index contributed by atoms with van der Waals surface area (Å²) in [5, 5.41) is 48.2. The molecule has 8 aromatic carbocycles. The molecule has 4 aliphatic heterocycles. The Balaban J connectivity index is 0.000000212. The van der Waals surface area contributed by atoms with Crippen LogP contribution in [-0.2, 0) is 59.0 Å². The fraction of sp³-hybridized carbons (Fsp3) is 0.0400. The third-order valence-corrected chi connectivity index (χ3v) is 21.3. The van der Waals surface area contributed by atoms with Crippen LogP contribution in [0.1, 0.15) is 128 Å². The van der Waals surface area contributed by atoms with Gasteiger partial charge in [-0.1, -0.05) is 158 Å². The minimum atomic E-state index is -1.07. The summed E-state index contributed by atoms with van der Waals surface area (Å²) in [6.45, 7) is -0.619. The zero-order valence-electron chi connectivity index (χ0n) is 67.1. The van der Waals surface area contributed by atoms with E-state index in [1.54, 1.807) is 109 Å². The molecule has 0 saturated carbocycles. The van der Waals surface area contributed by atoms with Crippen molar-refractivity contribution in [2.24, 2.45) is 0 Å². The predicted molar refractivity (Wildman–Crippen MR) is 470 cm³/mol. The van der Waals surface area contributed by atoms with Gasteiger partial charge in [0.05, 0.1) is 106 Å². The molecule has 5 N–H and O–H groups in total. The Hall–Kier alpha value is -15.1. The Morgan fingerprint density at radius 3 is 0.508 bits per heavy atom. The zero-order chi connectivity index (χ0) is 86.1. The van der Waals surface area contributed by atoms with Crippen molar-refractivity contribution in [3.8, 4) is 89.0 Å². The molecular formula is C100H64Au2Cl2N8O16-6. The van der Waals surface area contributed by atoms with Crippen molar-refractivity contribution in [1.82, 2.24) is 39.9 Å². The maximum absolute atomic E-state index is 12.5. The number of methoxy groups -OCH3 is 3. The van der Waals surface area contributed by atoms with E-state index in [-0.39, 0.29) is 91.8 Å². The number of aromatic carboxylic acids is 4. The minimum absolute atomic E-state index is 0. The molecule has 128 heavy (non-hydrogen) atoms. The Kier molecular flexibility index (Phi) is 27.3. The van der Waals surface area contributed by atoms with Gasteiger partial charge in [-0.05, 0) is 223 Å². The number of benzene rings is 8. The molecule has 0 atom stereocenters. The molecule has 0 saturated heterocycles. The number of Topliss-reactive ketones (excluding diaryl/α,β-unsaturated/α-hetero) is 1. The van der Waals surface area contributed by atoms with Crippen molar-refractivity contribution in [2.75, 3.05) is 27.9 Å². The number of ketones is 1. The molecule has 642 valence electrons. The van der Waals surface area contributed by atoms with Crippen LogP contribution in [0.5, 0.6) is 0 Å². The van der Waals surface area contributed by atoms with E-state index in [0.717, 1.165) is 22.3 Å². The maximum atomic E-state index is 12.5. The van der Waals surface area contributed by atoms with Gasteiger partial charge in [-0.3, -0.25) is 4.79 Å². The molecule has 10 heterocycles. The van der Waals surface area contributed by atoms with Crippen molar-refractivity contribution in [3.63, 3.8) is 0 Å². The van der Waals surface area contributed by atoms with E-state index < -0.39 is 54.2 Å². The summed E-state index contributed by atoms with van der Waals surface area (Å²) in [5.74, 6) is -6.12. The number of carbonyl (C=O) groups is 8. The van der Waals surface area contributed by atoms with Crippen LogP contribution in [0, 0.1) is 0 Å². The summed E-state index contributed by atoms with van der Waals surface area (Å²) < 4.78 is 14.9. The van der Waals surface area contributed by atoms with Crippen LogP contribution in [0.4, 0.5) is 0 Å². The summed E-state index contributed by atoms with van der Waals surface area (Å²) in [5.41, 5.74) is 21.4. The molecule has 0 amide bonds. The topological polar surface area (TPSA) is 373 Å². The van der Waals surface area contributed by atoms with Crippen LogP contribution in [0.3, 0.4) is 0 Å². The van der Waals surface area contributed by atoms with Crippen molar-refractivity contribution < 1.29 is 148 Å². The van der Waals surface area contributed by atoms with Gasteiger partial charge in [-0.15, -0.1) is 44.1 Å². The first-order valence-corrected chi connectivity index (χ1v) is 38.5. The summed E-state index contributed by atoms with van der Waals surface area (Å²) >= 11 is 0. The second kappa shape index (κ2) is 38.6. The number of aromatic nitrogens is 8. The number of ether oxygens (including phenoxy) is 3. The summed E-state index contributed by atoms with van der Waals surface area (Å²) in [6, 6.07) is 68.6. The third kappa shape index (κ3) is 18.0. The van der Waals surface area contributed by atoms with Crippen LogP contribution in [0.2, 0.25) is 0 Å². The quantitative estimate of drug-likeness (QED) is 0.0245. The summed E-state index contributed by atoms with van der Waals surface area (Å²) in [6.07, 6.45) is 14.9. The van der Waals surface area contributed by atoms with E-state index in [4.69, 9.17) is 54.1 Å². The van der Waals surface area contributed by atoms with Crippen LogP contribution >= 0.6 is 0 Å². The number of fused-ring (bicyclic) bond motifs is 16. The maximum Gasteiger partial charge on any atom is 0.337 e. The third-order valence-electron chi connectivity index (χ3n) is 21.3. The van der Waals surface area contributed by atoms with Gasteiger partial charge in [-0.2, -0.15) is 0 Å². The minimum Gasteiger partial charge on any atom is -1.00 e. The number of halogens is 2. The smallest absolute Gasteiger partial charge is 0.337 e. The van der Waals surface area contributed by atoms with Gasteiger partial charge in [0.1, 0.15) is 6.61 Å². The molecule has 28 heteroatoms. The molecule has 4 aliphatic rings. The van der Waals surface area contributed by atoms with Gasteiger partial charge in [0.2, 0.25) is 0 Å². The first-order chi connectivity index (χ1) is 60.2. The van der Waals surface area contributed by atoms with E-state index in [2.05, 4.69) is 0 Å². The van der Waals surface area contributed by atoms with Crippen LogP contribution in [0.25, 0.3) is 182 Å². The monoisotopic (exact) mass is 2100 g/mol. The molecule has 0 fully saturated rings. The number of nitrogens with zero attached hydrogens (tertiary/aromatic N) is 8. The number of carboxylic acids is 4. The molecule has 16 bridgehead atoms. The van der Waals surface area contributed by atoms with E-state index >= 15 is 0 Å². The van der Waals surface area contributed by atoms with Crippen LogP contribution < -0.4 is 44.7 Å². The fourth-order valence-electron chi connectivity index (χ4n) is 15.2. The average molecular weight is 2100 g/mol. The number of carbonyl (C=O) groups excluding carboxylic acids is 4. The molecule has 18 rings (SSSR count). The molecular weight excluding hydrogens is 2030 g/mol. The first kappa shape index (κ1) is 90.7. The normalized spacial score (nSPS) is 11.3. The number of aliphatic hydroxyl groups excluding tert-OH is 1. The number of aliphatic hydroxyl groups is 1. The van der Waals surface area contributed by atoms with Crippen molar-refractivity contribution in [1.29, 1.82) is 0 Å². The average Bonchev–Trinajstić information content (AvgIpc) is 1.61. The molecule has 0 spiro atoms. The zero-order valence-corrected chi connectivity index (χ0v) is 72.9. The second-order valence-corrected chi connectivity index (χ2v) is 28.6. The van der Waals surface area contributed by atoms with Gasteiger partial charge in [-0.25, -0.2) is 53.5 Å².